The maximum absolute atomic E-state index is 12.2. The van der Waals surface area contributed by atoms with Crippen LogP contribution in [0.1, 0.15) is 44.6 Å². The number of aromatic amines is 1. The van der Waals surface area contributed by atoms with Crippen molar-refractivity contribution < 1.29 is 14.3 Å². The zero-order valence-electron chi connectivity index (χ0n) is 13.1. The van der Waals surface area contributed by atoms with Crippen molar-refractivity contribution in [3.63, 3.8) is 0 Å². The molecule has 1 N–H and O–H groups in total. The van der Waals surface area contributed by atoms with E-state index in [4.69, 9.17) is 4.74 Å². The van der Waals surface area contributed by atoms with Gasteiger partial charge in [0.05, 0.1) is 18.2 Å². The fourth-order valence-corrected chi connectivity index (χ4v) is 2.81. The van der Waals surface area contributed by atoms with Gasteiger partial charge in [0.15, 0.2) is 11.5 Å². The molecule has 3 heterocycles. The number of amides is 2. The predicted molar refractivity (Wildman–Crippen MR) is 77.3 cm³/mol. The lowest BCUT2D eigenvalue weighted by atomic mass is 10.1. The first-order chi connectivity index (χ1) is 10.5. The van der Waals surface area contributed by atoms with Crippen LogP contribution in [0.3, 0.4) is 0 Å². The van der Waals surface area contributed by atoms with Crippen molar-refractivity contribution >= 4 is 17.5 Å². The van der Waals surface area contributed by atoms with E-state index in [1.807, 2.05) is 13.8 Å². The number of aryl methyl sites for hydroxylation is 1. The Bertz CT molecular complexity index is 747. The fraction of sp³-hybridized carbons (Fsp3) is 0.571. The number of rotatable bonds is 4. The summed E-state index contributed by atoms with van der Waals surface area (Å²) >= 11 is 0. The molecule has 1 fully saturated rings. The molecular formula is C14H19N5O3. The molecule has 2 aromatic rings. The number of hydrogen-bond donors (Lipinski definition) is 1. The molecule has 2 amide bonds. The smallest absolute Gasteiger partial charge is 0.238 e. The second-order valence-corrected chi connectivity index (χ2v) is 5.59. The highest BCUT2D eigenvalue weighted by Crippen LogP contribution is 2.30. The molecule has 1 aliphatic heterocycles. The minimum Gasteiger partial charge on any atom is -0.477 e. The molecule has 0 saturated carbocycles. The van der Waals surface area contributed by atoms with E-state index in [0.29, 0.717) is 24.0 Å². The van der Waals surface area contributed by atoms with Gasteiger partial charge in [-0.3, -0.25) is 19.6 Å². The molecule has 8 nitrogen and oxygen atoms in total. The predicted octanol–water partition coefficient (Wildman–Crippen LogP) is 1.22. The Morgan fingerprint density at radius 2 is 2.18 bits per heavy atom. The zero-order chi connectivity index (χ0) is 16.0. The molecule has 0 aromatic carbocycles. The van der Waals surface area contributed by atoms with Gasteiger partial charge in [-0.1, -0.05) is 6.92 Å². The molecule has 0 radical (unpaired) electrons. The van der Waals surface area contributed by atoms with E-state index >= 15 is 0 Å². The van der Waals surface area contributed by atoms with E-state index in [1.54, 1.807) is 18.4 Å². The van der Waals surface area contributed by atoms with Crippen molar-refractivity contribution in [2.45, 2.75) is 40.2 Å². The SMILES string of the molecule is CCOc1nn2c(C(C)N3C(=O)CC(C)C3=O)n[nH]c2c1C. The number of carbonyl (C=O) groups excluding carboxylic acids is 2. The fourth-order valence-electron chi connectivity index (χ4n) is 2.81. The van der Waals surface area contributed by atoms with E-state index in [0.717, 1.165) is 5.56 Å². The first-order valence-electron chi connectivity index (χ1n) is 7.38. The number of carbonyl (C=O) groups is 2. The third kappa shape index (κ3) is 1.98. The molecule has 1 aliphatic rings. The van der Waals surface area contributed by atoms with Gasteiger partial charge in [0.1, 0.15) is 0 Å². The zero-order valence-corrected chi connectivity index (χ0v) is 13.1. The first kappa shape index (κ1) is 14.6. The highest BCUT2D eigenvalue weighted by Gasteiger charge is 2.40. The van der Waals surface area contributed by atoms with Crippen molar-refractivity contribution in [2.75, 3.05) is 6.61 Å². The Morgan fingerprint density at radius 3 is 2.77 bits per heavy atom. The van der Waals surface area contributed by atoms with Crippen LogP contribution in [0.15, 0.2) is 0 Å². The van der Waals surface area contributed by atoms with E-state index < -0.39 is 6.04 Å². The lowest BCUT2D eigenvalue weighted by Crippen LogP contribution is -2.34. The molecule has 8 heteroatoms. The average Bonchev–Trinajstić information content (AvgIpc) is 3.07. The second-order valence-electron chi connectivity index (χ2n) is 5.59. The lowest BCUT2D eigenvalue weighted by Gasteiger charge is -2.20. The standard InChI is InChI=1S/C14H19N5O3/c1-5-22-13-8(3)11-15-16-12(19(11)17-13)9(4)18-10(20)6-7(2)14(18)21/h7,9,15H,5-6H2,1-4H3. The molecule has 1 saturated heterocycles. The van der Waals surface area contributed by atoms with Crippen molar-refractivity contribution in [3.05, 3.63) is 11.4 Å². The summed E-state index contributed by atoms with van der Waals surface area (Å²) in [4.78, 5) is 25.5. The van der Waals surface area contributed by atoms with Crippen LogP contribution < -0.4 is 4.74 Å². The van der Waals surface area contributed by atoms with Gasteiger partial charge in [-0.2, -0.15) is 9.61 Å². The van der Waals surface area contributed by atoms with E-state index in [2.05, 4.69) is 15.3 Å². The van der Waals surface area contributed by atoms with E-state index in [-0.39, 0.29) is 24.2 Å². The number of nitrogens with one attached hydrogen (secondary N) is 1. The van der Waals surface area contributed by atoms with Crippen molar-refractivity contribution in [3.8, 4) is 5.88 Å². The van der Waals surface area contributed by atoms with Crippen molar-refractivity contribution in [2.24, 2.45) is 5.92 Å². The van der Waals surface area contributed by atoms with Crippen LogP contribution in [-0.4, -0.2) is 43.1 Å². The summed E-state index contributed by atoms with van der Waals surface area (Å²) in [5.74, 6) is 0.428. The molecule has 3 rings (SSSR count). The first-order valence-corrected chi connectivity index (χ1v) is 7.38. The normalized spacial score (nSPS) is 20.2. The maximum Gasteiger partial charge on any atom is 0.238 e. The van der Waals surface area contributed by atoms with Crippen molar-refractivity contribution in [1.82, 2.24) is 24.7 Å². The van der Waals surface area contributed by atoms with Crippen LogP contribution in [-0.2, 0) is 9.59 Å². The molecule has 2 aromatic heterocycles. The minimum atomic E-state index is -0.479. The summed E-state index contributed by atoms with van der Waals surface area (Å²) in [5.41, 5.74) is 1.55. The number of imide groups is 1. The number of likely N-dealkylation sites (tertiary alicyclic amines) is 1. The molecule has 2 unspecified atom stereocenters. The highest BCUT2D eigenvalue weighted by molar-refractivity contribution is 6.03. The van der Waals surface area contributed by atoms with Crippen LogP contribution in [0.25, 0.3) is 5.65 Å². The van der Waals surface area contributed by atoms with Crippen LogP contribution in [0.2, 0.25) is 0 Å². The van der Waals surface area contributed by atoms with Gasteiger partial charge in [-0.15, -0.1) is 5.10 Å². The van der Waals surface area contributed by atoms with E-state index in [1.165, 1.54) is 4.90 Å². The molecule has 0 aliphatic carbocycles. The number of ether oxygens (including phenoxy) is 1. The second kappa shape index (κ2) is 5.11. The van der Waals surface area contributed by atoms with Gasteiger partial charge in [0.2, 0.25) is 17.7 Å². The molecule has 0 spiro atoms. The van der Waals surface area contributed by atoms with Gasteiger partial charge in [-0.25, -0.2) is 0 Å². The summed E-state index contributed by atoms with van der Waals surface area (Å²) < 4.78 is 7.08. The average molecular weight is 305 g/mol. The minimum absolute atomic E-state index is 0.164. The van der Waals surface area contributed by atoms with Gasteiger partial charge < -0.3 is 4.74 Å². The van der Waals surface area contributed by atoms with E-state index in [9.17, 15) is 9.59 Å². The van der Waals surface area contributed by atoms with Crippen LogP contribution >= 0.6 is 0 Å². The number of fused-ring (bicyclic) bond motifs is 1. The third-order valence-electron chi connectivity index (χ3n) is 4.02. The third-order valence-corrected chi connectivity index (χ3v) is 4.02. The Kier molecular flexibility index (Phi) is 3.38. The van der Waals surface area contributed by atoms with Crippen LogP contribution in [0, 0.1) is 12.8 Å². The molecule has 22 heavy (non-hydrogen) atoms. The number of aromatic nitrogens is 4. The Morgan fingerprint density at radius 1 is 1.45 bits per heavy atom. The summed E-state index contributed by atoms with van der Waals surface area (Å²) in [6, 6.07) is -0.479. The highest BCUT2D eigenvalue weighted by atomic mass is 16.5. The monoisotopic (exact) mass is 305 g/mol. The Balaban J connectivity index is 2.01. The summed E-state index contributed by atoms with van der Waals surface area (Å²) in [6.45, 7) is 7.82. The summed E-state index contributed by atoms with van der Waals surface area (Å²) in [5, 5.41) is 11.5. The van der Waals surface area contributed by atoms with Gasteiger partial charge in [0, 0.05) is 12.3 Å². The number of nitrogens with zero attached hydrogens (tertiary/aromatic N) is 4. The van der Waals surface area contributed by atoms with Gasteiger partial charge >= 0.3 is 0 Å². The molecule has 118 valence electrons. The van der Waals surface area contributed by atoms with Crippen LogP contribution in [0.4, 0.5) is 0 Å². The molecular weight excluding hydrogens is 286 g/mol. The van der Waals surface area contributed by atoms with Gasteiger partial charge in [-0.05, 0) is 20.8 Å². The summed E-state index contributed by atoms with van der Waals surface area (Å²) in [6.07, 6.45) is 0.249. The number of hydrogen-bond acceptors (Lipinski definition) is 5. The topological polar surface area (TPSA) is 92.6 Å². The van der Waals surface area contributed by atoms with Crippen LogP contribution in [0.5, 0.6) is 5.88 Å². The molecule has 0 bridgehead atoms. The number of H-pyrrole nitrogens is 1. The molecule has 2 atom stereocenters. The largest absolute Gasteiger partial charge is 0.477 e. The Labute approximate surface area is 127 Å². The summed E-state index contributed by atoms with van der Waals surface area (Å²) in [7, 11) is 0. The lowest BCUT2D eigenvalue weighted by molar-refractivity contribution is -0.141. The van der Waals surface area contributed by atoms with Gasteiger partial charge in [0.25, 0.3) is 0 Å². The Hall–Kier alpha value is -2.38. The quantitative estimate of drug-likeness (QED) is 0.857. The maximum atomic E-state index is 12.2. The van der Waals surface area contributed by atoms with Crippen molar-refractivity contribution in [1.29, 1.82) is 0 Å².